The molecule has 31 heavy (non-hydrogen) atoms. The highest BCUT2D eigenvalue weighted by atomic mass is 31.1. The van der Waals surface area contributed by atoms with E-state index in [1.165, 1.54) is 32.9 Å². The van der Waals surface area contributed by atoms with Crippen LogP contribution in [0, 0.1) is 0 Å². The van der Waals surface area contributed by atoms with Crippen molar-refractivity contribution in [1.29, 1.82) is 0 Å². The highest BCUT2D eigenvalue weighted by Crippen LogP contribution is 2.26. The van der Waals surface area contributed by atoms with Gasteiger partial charge in [-0.05, 0) is 22.9 Å². The van der Waals surface area contributed by atoms with Crippen LogP contribution in [0.3, 0.4) is 0 Å². The van der Waals surface area contributed by atoms with Gasteiger partial charge < -0.3 is 9.80 Å². The first-order valence-corrected chi connectivity index (χ1v) is 11.8. The predicted molar refractivity (Wildman–Crippen MR) is 139 cm³/mol. The Morgan fingerprint density at radius 2 is 1.00 bits per heavy atom. The van der Waals surface area contributed by atoms with Gasteiger partial charge in [-0.25, -0.2) is 0 Å². The Morgan fingerprint density at radius 3 is 1.48 bits per heavy atom. The SMILES string of the molecule is CN(CCNPNCCN(C)c1cccc2ccccc12)c1cccc2ccccc12. The van der Waals surface area contributed by atoms with Crippen molar-refractivity contribution in [1.82, 2.24) is 10.2 Å². The fraction of sp³-hybridized carbons (Fsp3) is 0.231. The van der Waals surface area contributed by atoms with Gasteiger partial charge in [-0.2, -0.15) is 0 Å². The lowest BCUT2D eigenvalue weighted by molar-refractivity contribution is 0.819. The topological polar surface area (TPSA) is 30.5 Å². The standard InChI is InChI=1S/C26H31N4P/c1-29(25-15-7-11-21-9-3-5-13-23(21)25)19-17-27-31-28-18-20-30(2)26-16-8-12-22-10-4-6-14-24(22)26/h3-16,27-28,31H,17-20H2,1-2H3. The molecule has 0 bridgehead atoms. The summed E-state index contributed by atoms with van der Waals surface area (Å²) in [4.78, 5) is 4.65. The van der Waals surface area contributed by atoms with E-state index in [9.17, 15) is 0 Å². The van der Waals surface area contributed by atoms with E-state index in [2.05, 4.69) is 119 Å². The first kappa shape index (κ1) is 21.6. The largest absolute Gasteiger partial charge is 0.373 e. The van der Waals surface area contributed by atoms with E-state index in [1.807, 2.05) is 0 Å². The zero-order chi connectivity index (χ0) is 21.5. The second-order valence-corrected chi connectivity index (χ2v) is 8.78. The summed E-state index contributed by atoms with van der Waals surface area (Å²) >= 11 is 0. The molecular weight excluding hydrogens is 399 g/mol. The lowest BCUT2D eigenvalue weighted by Crippen LogP contribution is -2.29. The fourth-order valence-electron chi connectivity index (χ4n) is 3.96. The zero-order valence-electron chi connectivity index (χ0n) is 18.3. The van der Waals surface area contributed by atoms with Gasteiger partial charge in [-0.15, -0.1) is 0 Å². The molecule has 0 aliphatic carbocycles. The van der Waals surface area contributed by atoms with E-state index in [4.69, 9.17) is 0 Å². The summed E-state index contributed by atoms with van der Waals surface area (Å²) in [7, 11) is 4.89. The third kappa shape index (κ3) is 5.34. The van der Waals surface area contributed by atoms with Crippen molar-refractivity contribution in [3.05, 3.63) is 84.9 Å². The number of anilines is 2. The Bertz CT molecular complexity index is 1030. The molecule has 0 atom stereocenters. The van der Waals surface area contributed by atoms with Crippen molar-refractivity contribution in [3.63, 3.8) is 0 Å². The fourth-order valence-corrected chi connectivity index (χ4v) is 4.56. The molecule has 4 aromatic carbocycles. The summed E-state index contributed by atoms with van der Waals surface area (Å²) in [5, 5.41) is 12.3. The Balaban J connectivity index is 1.18. The quantitative estimate of drug-likeness (QED) is 0.266. The van der Waals surface area contributed by atoms with Gasteiger partial charge in [0.15, 0.2) is 0 Å². The van der Waals surface area contributed by atoms with Crippen LogP contribution >= 0.6 is 8.88 Å². The molecule has 0 heterocycles. The molecule has 4 aromatic rings. The van der Waals surface area contributed by atoms with Gasteiger partial charge in [0.25, 0.3) is 0 Å². The van der Waals surface area contributed by atoms with Crippen LogP contribution in [0.4, 0.5) is 11.4 Å². The van der Waals surface area contributed by atoms with Gasteiger partial charge in [-0.3, -0.25) is 10.2 Å². The van der Waals surface area contributed by atoms with Crippen molar-refractivity contribution in [2.24, 2.45) is 0 Å². The van der Waals surface area contributed by atoms with E-state index < -0.39 is 0 Å². The molecule has 0 saturated heterocycles. The normalized spacial score (nSPS) is 11.2. The number of hydrogen-bond acceptors (Lipinski definition) is 4. The van der Waals surface area contributed by atoms with Gasteiger partial charge in [-0.1, -0.05) is 72.8 Å². The van der Waals surface area contributed by atoms with Crippen molar-refractivity contribution in [2.75, 3.05) is 50.1 Å². The van der Waals surface area contributed by atoms with Gasteiger partial charge in [0, 0.05) is 71.3 Å². The zero-order valence-corrected chi connectivity index (χ0v) is 19.3. The summed E-state index contributed by atoms with van der Waals surface area (Å²) in [5.41, 5.74) is 2.57. The number of fused-ring (bicyclic) bond motifs is 2. The maximum atomic E-state index is 3.53. The molecule has 0 unspecified atom stereocenters. The van der Waals surface area contributed by atoms with Crippen LogP contribution in [0.25, 0.3) is 21.5 Å². The van der Waals surface area contributed by atoms with Crippen molar-refractivity contribution in [3.8, 4) is 0 Å². The lowest BCUT2D eigenvalue weighted by atomic mass is 10.1. The summed E-state index contributed by atoms with van der Waals surface area (Å²) in [6.45, 7) is 3.84. The molecule has 0 radical (unpaired) electrons. The lowest BCUT2D eigenvalue weighted by Gasteiger charge is -2.22. The van der Waals surface area contributed by atoms with Crippen molar-refractivity contribution >= 4 is 41.8 Å². The summed E-state index contributed by atoms with van der Waals surface area (Å²) in [5.74, 6) is 0. The van der Waals surface area contributed by atoms with Crippen LogP contribution in [-0.4, -0.2) is 40.3 Å². The number of benzene rings is 4. The van der Waals surface area contributed by atoms with Crippen molar-refractivity contribution < 1.29 is 0 Å². The molecule has 4 nitrogen and oxygen atoms in total. The molecule has 160 valence electrons. The molecule has 0 aliphatic heterocycles. The molecule has 4 rings (SSSR count). The van der Waals surface area contributed by atoms with Gasteiger partial charge in [0.2, 0.25) is 0 Å². The van der Waals surface area contributed by atoms with Crippen LogP contribution in [0.1, 0.15) is 0 Å². The maximum Gasteiger partial charge on any atom is 0.0443 e. The van der Waals surface area contributed by atoms with Gasteiger partial charge >= 0.3 is 0 Å². The van der Waals surface area contributed by atoms with Gasteiger partial charge in [0.1, 0.15) is 0 Å². The van der Waals surface area contributed by atoms with Crippen molar-refractivity contribution in [2.45, 2.75) is 0 Å². The molecule has 2 N–H and O–H groups in total. The maximum absolute atomic E-state index is 3.53. The Hall–Kier alpha value is -2.65. The van der Waals surface area contributed by atoms with Crippen LogP contribution in [0.2, 0.25) is 0 Å². The second-order valence-electron chi connectivity index (χ2n) is 7.82. The van der Waals surface area contributed by atoms with Crippen LogP contribution < -0.4 is 20.0 Å². The first-order valence-electron chi connectivity index (χ1n) is 10.8. The minimum absolute atomic E-state index is 0.556. The molecule has 0 aromatic heterocycles. The minimum Gasteiger partial charge on any atom is -0.373 e. The smallest absolute Gasteiger partial charge is 0.0443 e. The van der Waals surface area contributed by atoms with Crippen LogP contribution in [0.15, 0.2) is 84.9 Å². The molecule has 0 amide bonds. The van der Waals surface area contributed by atoms with Crippen LogP contribution in [0.5, 0.6) is 0 Å². The average molecular weight is 431 g/mol. The minimum atomic E-state index is 0.556. The highest BCUT2D eigenvalue weighted by Gasteiger charge is 2.06. The second kappa shape index (κ2) is 10.6. The first-order chi connectivity index (χ1) is 15.2. The number of nitrogens with one attached hydrogen (secondary N) is 2. The summed E-state index contributed by atoms with van der Waals surface area (Å²) in [6, 6.07) is 30.2. The predicted octanol–water partition coefficient (Wildman–Crippen LogP) is 5.25. The van der Waals surface area contributed by atoms with E-state index in [0.29, 0.717) is 8.88 Å². The average Bonchev–Trinajstić information content (AvgIpc) is 2.82. The van der Waals surface area contributed by atoms with Crippen LogP contribution in [-0.2, 0) is 0 Å². The number of rotatable bonds is 10. The van der Waals surface area contributed by atoms with E-state index >= 15 is 0 Å². The Morgan fingerprint density at radius 1 is 0.581 bits per heavy atom. The number of nitrogens with zero attached hydrogens (tertiary/aromatic N) is 2. The van der Waals surface area contributed by atoms with E-state index in [1.54, 1.807) is 0 Å². The van der Waals surface area contributed by atoms with Gasteiger partial charge in [0.05, 0.1) is 0 Å². The molecular formula is C26H31N4P. The number of likely N-dealkylation sites (N-methyl/N-ethyl adjacent to an activating group) is 2. The summed E-state index contributed by atoms with van der Waals surface area (Å²) in [6.07, 6.45) is 0. The van der Waals surface area contributed by atoms with E-state index in [0.717, 1.165) is 26.2 Å². The molecule has 0 aliphatic rings. The Labute approximate surface area is 187 Å². The highest BCUT2D eigenvalue weighted by molar-refractivity contribution is 7.33. The number of hydrogen-bond donors (Lipinski definition) is 2. The van der Waals surface area contributed by atoms with E-state index in [-0.39, 0.29) is 0 Å². The third-order valence-electron chi connectivity index (χ3n) is 5.68. The molecule has 5 heteroatoms. The monoisotopic (exact) mass is 430 g/mol. The Kier molecular flexibility index (Phi) is 7.37. The summed E-state index contributed by atoms with van der Waals surface area (Å²) < 4.78 is 0. The molecule has 0 fully saturated rings. The third-order valence-corrected chi connectivity index (χ3v) is 6.53. The molecule has 0 spiro atoms. The molecule has 0 saturated carbocycles.